The van der Waals surface area contributed by atoms with E-state index < -0.39 is 5.41 Å². The Kier molecular flexibility index (Phi) is 5.32. The minimum absolute atomic E-state index is 0.112. The second-order valence-electron chi connectivity index (χ2n) is 7.94. The van der Waals surface area contributed by atoms with Crippen LogP contribution in [0.5, 0.6) is 0 Å². The van der Waals surface area contributed by atoms with Gasteiger partial charge in [-0.3, -0.25) is 9.59 Å². The zero-order chi connectivity index (χ0) is 21.1. The Morgan fingerprint density at radius 1 is 1.33 bits per heavy atom. The number of hydrogen-bond donors (Lipinski definition) is 1. The summed E-state index contributed by atoms with van der Waals surface area (Å²) >= 11 is 0. The molecule has 1 aliphatic heterocycles. The molecular formula is C23H23N5O2. The number of nitrogens with one attached hydrogen (secondary N) is 1. The molecular weight excluding hydrogens is 378 g/mol. The largest absolute Gasteiger partial charge is 0.327 e. The van der Waals surface area contributed by atoms with Crippen molar-refractivity contribution >= 4 is 17.5 Å². The van der Waals surface area contributed by atoms with E-state index in [1.54, 1.807) is 42.4 Å². The number of benzene rings is 1. The van der Waals surface area contributed by atoms with Crippen molar-refractivity contribution in [3.05, 3.63) is 65.4 Å². The van der Waals surface area contributed by atoms with E-state index in [1.807, 2.05) is 12.1 Å². The summed E-state index contributed by atoms with van der Waals surface area (Å²) in [4.78, 5) is 35.6. The predicted molar refractivity (Wildman–Crippen MR) is 111 cm³/mol. The van der Waals surface area contributed by atoms with Gasteiger partial charge in [0.1, 0.15) is 11.5 Å². The summed E-state index contributed by atoms with van der Waals surface area (Å²) in [7, 11) is 0. The fourth-order valence-corrected chi connectivity index (χ4v) is 4.42. The van der Waals surface area contributed by atoms with E-state index in [4.69, 9.17) is 5.26 Å². The maximum Gasteiger partial charge on any atom is 0.273 e. The molecule has 2 fully saturated rings. The second-order valence-corrected chi connectivity index (χ2v) is 7.94. The van der Waals surface area contributed by atoms with E-state index in [-0.39, 0.29) is 11.8 Å². The summed E-state index contributed by atoms with van der Waals surface area (Å²) in [5.41, 5.74) is 2.29. The average Bonchev–Trinajstić information content (AvgIpc) is 3.07. The van der Waals surface area contributed by atoms with Gasteiger partial charge in [0.15, 0.2) is 0 Å². The van der Waals surface area contributed by atoms with Crippen molar-refractivity contribution in [2.24, 2.45) is 5.41 Å². The predicted octanol–water partition coefficient (Wildman–Crippen LogP) is 3.27. The molecule has 2 heterocycles. The summed E-state index contributed by atoms with van der Waals surface area (Å²) in [5, 5.41) is 12.0. The van der Waals surface area contributed by atoms with E-state index in [1.165, 1.54) is 0 Å². The van der Waals surface area contributed by atoms with Crippen molar-refractivity contribution in [3.63, 3.8) is 0 Å². The lowest BCUT2D eigenvalue weighted by atomic mass is 9.71. The maximum absolute atomic E-state index is 13.3. The van der Waals surface area contributed by atoms with Crippen molar-refractivity contribution in [2.75, 3.05) is 11.4 Å². The Morgan fingerprint density at radius 3 is 3.00 bits per heavy atom. The first kappa shape index (κ1) is 19.8. The highest BCUT2D eigenvalue weighted by atomic mass is 16.2. The van der Waals surface area contributed by atoms with Crippen LogP contribution in [0.2, 0.25) is 0 Å². The van der Waals surface area contributed by atoms with Crippen molar-refractivity contribution < 1.29 is 9.59 Å². The van der Waals surface area contributed by atoms with E-state index >= 15 is 0 Å². The van der Waals surface area contributed by atoms with Gasteiger partial charge < -0.3 is 10.2 Å². The summed E-state index contributed by atoms with van der Waals surface area (Å²) in [6.07, 6.45) is 7.34. The van der Waals surface area contributed by atoms with Gasteiger partial charge in [0.2, 0.25) is 5.91 Å². The van der Waals surface area contributed by atoms with Gasteiger partial charge in [0.05, 0.1) is 17.0 Å². The fourth-order valence-electron chi connectivity index (χ4n) is 4.42. The zero-order valence-electron chi connectivity index (χ0n) is 16.9. The van der Waals surface area contributed by atoms with Crippen LogP contribution >= 0.6 is 0 Å². The summed E-state index contributed by atoms with van der Waals surface area (Å²) in [5.74, 6) is 0.380. The van der Waals surface area contributed by atoms with Crippen LogP contribution in [-0.2, 0) is 4.79 Å². The second kappa shape index (κ2) is 8.07. The standard InChI is InChI=1S/C23H23N5O2/c1-16-25-10-7-20(27-16)21(29)26-15-18-5-3-8-23(13-18)9-11-28(22(23)30)19-6-2-4-17(12-19)14-24/h2,4,6-7,10,12,15H,3,5,8-9,11,13H2,1H3,(H,26,29)/b18-15+. The van der Waals surface area contributed by atoms with Crippen LogP contribution in [0.15, 0.2) is 48.3 Å². The highest BCUT2D eigenvalue weighted by molar-refractivity contribution is 6.00. The number of amides is 2. The molecule has 1 saturated heterocycles. The molecule has 152 valence electrons. The lowest BCUT2D eigenvalue weighted by Gasteiger charge is -2.33. The number of nitrogens with zero attached hydrogens (tertiary/aromatic N) is 4. The van der Waals surface area contributed by atoms with Crippen molar-refractivity contribution in [1.29, 1.82) is 5.26 Å². The van der Waals surface area contributed by atoms with Crippen molar-refractivity contribution in [3.8, 4) is 6.07 Å². The summed E-state index contributed by atoms with van der Waals surface area (Å²) in [6.45, 7) is 2.39. The number of carbonyl (C=O) groups excluding carboxylic acids is 2. The lowest BCUT2D eigenvalue weighted by molar-refractivity contribution is -0.126. The van der Waals surface area contributed by atoms with Crippen LogP contribution in [0, 0.1) is 23.7 Å². The molecule has 2 aromatic rings. The number of aryl methyl sites for hydroxylation is 1. The van der Waals surface area contributed by atoms with Crippen LogP contribution in [0.25, 0.3) is 0 Å². The average molecular weight is 401 g/mol. The molecule has 7 heteroatoms. The monoisotopic (exact) mass is 401 g/mol. The zero-order valence-corrected chi connectivity index (χ0v) is 16.9. The van der Waals surface area contributed by atoms with Gasteiger partial charge in [0, 0.05) is 24.6 Å². The first-order chi connectivity index (χ1) is 14.5. The number of nitriles is 1. The third-order valence-electron chi connectivity index (χ3n) is 5.93. The molecule has 30 heavy (non-hydrogen) atoms. The highest BCUT2D eigenvalue weighted by Gasteiger charge is 2.48. The molecule has 1 N–H and O–H groups in total. The topological polar surface area (TPSA) is 99.0 Å². The summed E-state index contributed by atoms with van der Waals surface area (Å²) < 4.78 is 0. The normalized spacial score (nSPS) is 22.3. The lowest BCUT2D eigenvalue weighted by Crippen LogP contribution is -2.37. The highest BCUT2D eigenvalue weighted by Crippen LogP contribution is 2.47. The molecule has 4 rings (SSSR count). The summed E-state index contributed by atoms with van der Waals surface area (Å²) in [6, 6.07) is 10.9. The Morgan fingerprint density at radius 2 is 2.20 bits per heavy atom. The van der Waals surface area contributed by atoms with E-state index in [0.717, 1.165) is 36.9 Å². The third kappa shape index (κ3) is 3.81. The first-order valence-electron chi connectivity index (χ1n) is 10.1. The number of rotatable bonds is 3. The Hall–Kier alpha value is -3.53. The van der Waals surface area contributed by atoms with Gasteiger partial charge in [-0.05, 0) is 63.3 Å². The molecule has 1 spiro atoms. The Balaban J connectivity index is 1.48. The Bertz CT molecular complexity index is 1070. The SMILES string of the molecule is Cc1nccc(C(=O)N/C=C2\CCCC3(CCN(c4cccc(C#N)c4)C3=O)C2)n1. The third-order valence-corrected chi connectivity index (χ3v) is 5.93. The smallest absolute Gasteiger partial charge is 0.273 e. The molecule has 1 saturated carbocycles. The Labute approximate surface area is 175 Å². The molecule has 7 nitrogen and oxygen atoms in total. The van der Waals surface area contributed by atoms with Gasteiger partial charge in [0.25, 0.3) is 5.91 Å². The fraction of sp³-hybridized carbons (Fsp3) is 0.348. The molecule has 1 unspecified atom stereocenters. The number of aromatic nitrogens is 2. The van der Waals surface area contributed by atoms with Crippen molar-refractivity contribution in [1.82, 2.24) is 15.3 Å². The first-order valence-corrected chi connectivity index (χ1v) is 10.1. The van der Waals surface area contributed by atoms with E-state index in [0.29, 0.717) is 30.0 Å². The molecule has 2 aliphatic rings. The maximum atomic E-state index is 13.3. The van der Waals surface area contributed by atoms with Gasteiger partial charge >= 0.3 is 0 Å². The molecule has 1 aromatic carbocycles. The van der Waals surface area contributed by atoms with Gasteiger partial charge in [-0.2, -0.15) is 5.26 Å². The van der Waals surface area contributed by atoms with Gasteiger partial charge in [-0.1, -0.05) is 11.6 Å². The van der Waals surface area contributed by atoms with Crippen LogP contribution in [-0.4, -0.2) is 28.3 Å². The van der Waals surface area contributed by atoms with Crippen LogP contribution in [0.3, 0.4) is 0 Å². The van der Waals surface area contributed by atoms with Crippen LogP contribution in [0.4, 0.5) is 5.69 Å². The number of hydrogen-bond acceptors (Lipinski definition) is 5. The van der Waals surface area contributed by atoms with Gasteiger partial charge in [-0.15, -0.1) is 0 Å². The number of allylic oxidation sites excluding steroid dienone is 1. The molecule has 2 amide bonds. The van der Waals surface area contributed by atoms with E-state index in [2.05, 4.69) is 21.4 Å². The minimum Gasteiger partial charge on any atom is -0.327 e. The van der Waals surface area contributed by atoms with Crippen molar-refractivity contribution in [2.45, 2.75) is 39.0 Å². The molecule has 0 bridgehead atoms. The molecule has 1 aromatic heterocycles. The van der Waals surface area contributed by atoms with E-state index in [9.17, 15) is 9.59 Å². The number of carbonyl (C=O) groups is 2. The van der Waals surface area contributed by atoms with Gasteiger partial charge in [-0.25, -0.2) is 9.97 Å². The molecule has 1 aliphatic carbocycles. The quantitative estimate of drug-likeness (QED) is 0.851. The minimum atomic E-state index is -0.428. The molecule has 0 radical (unpaired) electrons. The number of anilines is 1. The molecule has 1 atom stereocenters. The van der Waals surface area contributed by atoms with Crippen LogP contribution < -0.4 is 10.2 Å². The van der Waals surface area contributed by atoms with Crippen LogP contribution in [0.1, 0.15) is 54.0 Å².